The molecule has 0 saturated heterocycles. The van der Waals surface area contributed by atoms with E-state index in [0.717, 1.165) is 16.7 Å². The van der Waals surface area contributed by atoms with E-state index in [0.29, 0.717) is 31.3 Å². The molecule has 156 valence electrons. The fourth-order valence-corrected chi connectivity index (χ4v) is 2.76. The quantitative estimate of drug-likeness (QED) is 0.507. The average molecular weight is 405 g/mol. The second-order valence-corrected chi connectivity index (χ2v) is 7.61. The summed E-state index contributed by atoms with van der Waals surface area (Å²) in [5, 5.41) is 12.4. The second-order valence-electron chi connectivity index (χ2n) is 7.61. The highest BCUT2D eigenvalue weighted by atomic mass is 16.5. The molecular weight excluding hydrogens is 378 g/mol. The van der Waals surface area contributed by atoms with Crippen molar-refractivity contribution in [1.82, 2.24) is 5.32 Å². The predicted octanol–water partition coefficient (Wildman–Crippen LogP) is 4.80. The standard InChI is InChI=1S/C25H27NO4/c1-25(2,24(27)28)26-16-21-13-14-22(29-17-19-9-5-3-6-10-19)23(15-21)30-18-20-11-7-4-8-12-20/h3-15,26H,16-18H2,1-2H3,(H,27,28). The molecule has 3 aromatic carbocycles. The molecule has 3 aromatic rings. The van der Waals surface area contributed by atoms with Gasteiger partial charge in [-0.1, -0.05) is 66.7 Å². The highest BCUT2D eigenvalue weighted by molar-refractivity contribution is 5.77. The van der Waals surface area contributed by atoms with Gasteiger partial charge in [-0.2, -0.15) is 0 Å². The fourth-order valence-electron chi connectivity index (χ4n) is 2.76. The van der Waals surface area contributed by atoms with Crippen LogP contribution in [-0.2, 0) is 24.6 Å². The maximum absolute atomic E-state index is 11.3. The molecule has 0 saturated carbocycles. The Hall–Kier alpha value is -3.31. The molecule has 0 amide bonds. The van der Waals surface area contributed by atoms with Crippen molar-refractivity contribution < 1.29 is 19.4 Å². The molecule has 0 aromatic heterocycles. The third-order valence-electron chi connectivity index (χ3n) is 4.75. The van der Waals surface area contributed by atoms with Crippen LogP contribution in [0.25, 0.3) is 0 Å². The van der Waals surface area contributed by atoms with Gasteiger partial charge in [0.1, 0.15) is 18.8 Å². The Bertz CT molecular complexity index is 955. The van der Waals surface area contributed by atoms with E-state index in [4.69, 9.17) is 9.47 Å². The van der Waals surface area contributed by atoms with Crippen molar-refractivity contribution in [3.8, 4) is 11.5 Å². The predicted molar refractivity (Wildman–Crippen MR) is 117 cm³/mol. The van der Waals surface area contributed by atoms with Crippen LogP contribution in [0.1, 0.15) is 30.5 Å². The van der Waals surface area contributed by atoms with Crippen molar-refractivity contribution >= 4 is 5.97 Å². The first-order valence-corrected chi connectivity index (χ1v) is 9.89. The van der Waals surface area contributed by atoms with Gasteiger partial charge < -0.3 is 14.6 Å². The average Bonchev–Trinajstić information content (AvgIpc) is 2.77. The number of carbonyl (C=O) groups is 1. The summed E-state index contributed by atoms with van der Waals surface area (Å²) in [7, 11) is 0. The lowest BCUT2D eigenvalue weighted by Crippen LogP contribution is -2.46. The smallest absolute Gasteiger partial charge is 0.323 e. The van der Waals surface area contributed by atoms with Crippen molar-refractivity contribution in [3.05, 3.63) is 95.6 Å². The van der Waals surface area contributed by atoms with Crippen LogP contribution in [-0.4, -0.2) is 16.6 Å². The van der Waals surface area contributed by atoms with Crippen LogP contribution in [0.2, 0.25) is 0 Å². The molecule has 0 fully saturated rings. The van der Waals surface area contributed by atoms with Gasteiger partial charge in [-0.05, 0) is 42.7 Å². The zero-order chi connectivity index (χ0) is 21.4. The molecule has 3 rings (SSSR count). The van der Waals surface area contributed by atoms with Crippen LogP contribution >= 0.6 is 0 Å². The molecule has 0 aliphatic heterocycles. The number of hydrogen-bond acceptors (Lipinski definition) is 4. The van der Waals surface area contributed by atoms with Crippen molar-refractivity contribution in [1.29, 1.82) is 0 Å². The lowest BCUT2D eigenvalue weighted by Gasteiger charge is -2.21. The summed E-state index contributed by atoms with van der Waals surface area (Å²) in [5.41, 5.74) is 2.02. The molecule has 5 heteroatoms. The Balaban J connectivity index is 1.75. The fraction of sp³-hybridized carbons (Fsp3) is 0.240. The third kappa shape index (κ3) is 6.09. The van der Waals surface area contributed by atoms with Crippen LogP contribution in [0.15, 0.2) is 78.9 Å². The van der Waals surface area contributed by atoms with Gasteiger partial charge in [-0.3, -0.25) is 10.1 Å². The number of benzene rings is 3. The number of aliphatic carboxylic acids is 1. The minimum atomic E-state index is -1.02. The molecule has 0 heterocycles. The molecule has 0 radical (unpaired) electrons. The number of hydrogen-bond donors (Lipinski definition) is 2. The zero-order valence-electron chi connectivity index (χ0n) is 17.3. The zero-order valence-corrected chi connectivity index (χ0v) is 17.3. The Morgan fingerprint density at radius 3 is 1.87 bits per heavy atom. The van der Waals surface area contributed by atoms with Crippen LogP contribution in [0.3, 0.4) is 0 Å². The molecule has 0 unspecified atom stereocenters. The van der Waals surface area contributed by atoms with Gasteiger partial charge in [0.25, 0.3) is 0 Å². The molecule has 0 atom stereocenters. The van der Waals surface area contributed by atoms with E-state index >= 15 is 0 Å². The first kappa shape index (κ1) is 21.4. The van der Waals surface area contributed by atoms with E-state index < -0.39 is 11.5 Å². The first-order valence-electron chi connectivity index (χ1n) is 9.89. The van der Waals surface area contributed by atoms with Gasteiger partial charge in [-0.15, -0.1) is 0 Å². The molecule has 0 bridgehead atoms. The maximum atomic E-state index is 11.3. The summed E-state index contributed by atoms with van der Waals surface area (Å²) in [6.45, 7) is 4.53. The maximum Gasteiger partial charge on any atom is 0.323 e. The van der Waals surface area contributed by atoms with Crippen LogP contribution in [0.5, 0.6) is 11.5 Å². The molecule has 0 aliphatic rings. The van der Waals surface area contributed by atoms with E-state index in [9.17, 15) is 9.90 Å². The van der Waals surface area contributed by atoms with Crippen molar-refractivity contribution in [2.75, 3.05) is 0 Å². The molecular formula is C25H27NO4. The van der Waals surface area contributed by atoms with E-state index in [2.05, 4.69) is 5.32 Å². The molecule has 30 heavy (non-hydrogen) atoms. The minimum Gasteiger partial charge on any atom is -0.485 e. The topological polar surface area (TPSA) is 67.8 Å². The summed E-state index contributed by atoms with van der Waals surface area (Å²) in [4.78, 5) is 11.3. The summed E-state index contributed by atoms with van der Waals surface area (Å²) in [6, 6.07) is 25.5. The third-order valence-corrected chi connectivity index (χ3v) is 4.75. The number of rotatable bonds is 10. The van der Waals surface area contributed by atoms with Crippen LogP contribution in [0, 0.1) is 0 Å². The molecule has 5 nitrogen and oxygen atoms in total. The van der Waals surface area contributed by atoms with Gasteiger partial charge in [-0.25, -0.2) is 0 Å². The first-order chi connectivity index (χ1) is 14.4. The van der Waals surface area contributed by atoms with Crippen molar-refractivity contribution in [2.24, 2.45) is 0 Å². The lowest BCUT2D eigenvalue weighted by atomic mass is 10.1. The van der Waals surface area contributed by atoms with Crippen LogP contribution in [0.4, 0.5) is 0 Å². The van der Waals surface area contributed by atoms with Crippen molar-refractivity contribution in [3.63, 3.8) is 0 Å². The summed E-state index contributed by atoms with van der Waals surface area (Å²) in [6.07, 6.45) is 0. The Morgan fingerprint density at radius 1 is 0.800 bits per heavy atom. The summed E-state index contributed by atoms with van der Waals surface area (Å²) < 4.78 is 12.1. The Morgan fingerprint density at radius 2 is 1.33 bits per heavy atom. The minimum absolute atomic E-state index is 0.403. The van der Waals surface area contributed by atoms with Gasteiger partial charge >= 0.3 is 5.97 Å². The largest absolute Gasteiger partial charge is 0.485 e. The molecule has 0 spiro atoms. The SMILES string of the molecule is CC(C)(NCc1ccc(OCc2ccccc2)c(OCc2ccccc2)c1)C(=O)O. The van der Waals surface area contributed by atoms with E-state index in [1.165, 1.54) is 0 Å². The second kappa shape index (κ2) is 9.94. The highest BCUT2D eigenvalue weighted by Crippen LogP contribution is 2.30. The number of carboxylic acid groups (broad SMARTS) is 1. The van der Waals surface area contributed by atoms with Crippen molar-refractivity contribution in [2.45, 2.75) is 39.1 Å². The van der Waals surface area contributed by atoms with E-state index in [-0.39, 0.29) is 0 Å². The Kier molecular flexibility index (Phi) is 7.09. The Labute approximate surface area is 177 Å². The van der Waals surface area contributed by atoms with Gasteiger partial charge in [0.15, 0.2) is 11.5 Å². The number of carboxylic acids is 1. The molecule has 0 aliphatic carbocycles. The van der Waals surface area contributed by atoms with Gasteiger partial charge in [0.05, 0.1) is 0 Å². The normalized spacial score (nSPS) is 11.1. The summed E-state index contributed by atoms with van der Waals surface area (Å²) in [5.74, 6) is 0.379. The number of nitrogens with one attached hydrogen (secondary N) is 1. The number of ether oxygens (including phenoxy) is 2. The highest BCUT2D eigenvalue weighted by Gasteiger charge is 2.26. The molecule has 2 N–H and O–H groups in total. The van der Waals surface area contributed by atoms with E-state index in [1.807, 2.05) is 78.9 Å². The van der Waals surface area contributed by atoms with Crippen LogP contribution < -0.4 is 14.8 Å². The monoisotopic (exact) mass is 405 g/mol. The van der Waals surface area contributed by atoms with Gasteiger partial charge in [0, 0.05) is 6.54 Å². The lowest BCUT2D eigenvalue weighted by molar-refractivity contribution is -0.143. The van der Waals surface area contributed by atoms with Gasteiger partial charge in [0.2, 0.25) is 0 Å². The summed E-state index contributed by atoms with van der Waals surface area (Å²) >= 11 is 0. The van der Waals surface area contributed by atoms with E-state index in [1.54, 1.807) is 13.8 Å².